The van der Waals surface area contributed by atoms with Gasteiger partial charge in [0, 0.05) is 36.6 Å². The maximum Gasteiger partial charge on any atom is 0.227 e. The molecule has 1 aromatic heterocycles. The zero-order valence-corrected chi connectivity index (χ0v) is 15.9. The number of aromatic nitrogens is 2. The lowest BCUT2D eigenvalue weighted by Gasteiger charge is -2.09. The predicted molar refractivity (Wildman–Crippen MR) is 116 cm³/mol. The van der Waals surface area contributed by atoms with Crippen LogP contribution in [0.25, 0.3) is 11.3 Å². The minimum absolute atomic E-state index is 0.196. The molecule has 0 aliphatic rings. The van der Waals surface area contributed by atoms with E-state index in [1.165, 1.54) is 11.1 Å². The molecule has 0 radical (unpaired) electrons. The van der Waals surface area contributed by atoms with Crippen molar-refractivity contribution in [2.75, 3.05) is 5.32 Å². The Morgan fingerprint density at radius 3 is 2.41 bits per heavy atom. The van der Waals surface area contributed by atoms with Gasteiger partial charge in [-0.3, -0.25) is 0 Å². The first-order valence-corrected chi connectivity index (χ1v) is 9.49. The van der Waals surface area contributed by atoms with Gasteiger partial charge in [-0.25, -0.2) is 9.97 Å². The number of rotatable bonds is 7. The van der Waals surface area contributed by atoms with Gasteiger partial charge in [-0.05, 0) is 35.4 Å². The topological polar surface area (TPSA) is 70.1 Å². The van der Waals surface area contributed by atoms with E-state index in [0.29, 0.717) is 5.95 Å². The Kier molecular flexibility index (Phi) is 5.78. The molecule has 0 saturated heterocycles. The molecule has 29 heavy (non-hydrogen) atoms. The number of anilines is 2. The van der Waals surface area contributed by atoms with E-state index < -0.39 is 0 Å². The van der Waals surface area contributed by atoms with E-state index in [-0.39, 0.29) is 5.75 Å². The molecule has 4 rings (SSSR count). The molecule has 0 fully saturated rings. The number of phenolic OH excluding ortho intramolecular Hbond substituents is 1. The van der Waals surface area contributed by atoms with Gasteiger partial charge in [0.25, 0.3) is 0 Å². The fraction of sp³-hybridized carbons (Fsp3) is 0.0833. The molecule has 0 unspecified atom stereocenters. The fourth-order valence-electron chi connectivity index (χ4n) is 3.08. The van der Waals surface area contributed by atoms with Gasteiger partial charge in [-0.15, -0.1) is 0 Å². The highest BCUT2D eigenvalue weighted by molar-refractivity contribution is 5.63. The molecule has 0 amide bonds. The maximum atomic E-state index is 9.61. The Morgan fingerprint density at radius 2 is 1.55 bits per heavy atom. The Bertz CT molecular complexity index is 1080. The van der Waals surface area contributed by atoms with Crippen LogP contribution >= 0.6 is 0 Å². The summed E-state index contributed by atoms with van der Waals surface area (Å²) in [5, 5.41) is 16.2. The monoisotopic (exact) mass is 382 g/mol. The van der Waals surface area contributed by atoms with Gasteiger partial charge in [0.05, 0.1) is 5.69 Å². The third-order valence-corrected chi connectivity index (χ3v) is 4.48. The van der Waals surface area contributed by atoms with Crippen molar-refractivity contribution in [2.24, 2.45) is 0 Å². The smallest absolute Gasteiger partial charge is 0.227 e. The van der Waals surface area contributed by atoms with Crippen molar-refractivity contribution < 1.29 is 5.11 Å². The van der Waals surface area contributed by atoms with E-state index in [2.05, 4.69) is 57.0 Å². The van der Waals surface area contributed by atoms with Gasteiger partial charge in [0.15, 0.2) is 0 Å². The van der Waals surface area contributed by atoms with Crippen molar-refractivity contribution in [1.82, 2.24) is 15.3 Å². The van der Waals surface area contributed by atoms with Crippen LogP contribution in [0, 0.1) is 0 Å². The van der Waals surface area contributed by atoms with Crippen LogP contribution in [-0.4, -0.2) is 15.1 Å². The minimum Gasteiger partial charge on any atom is -0.508 e. The molecule has 5 nitrogen and oxygen atoms in total. The van der Waals surface area contributed by atoms with E-state index in [9.17, 15) is 5.11 Å². The standard InChI is InChI=1S/C24H22N4O/c29-22-11-5-10-21(15-22)27-24-26-13-12-23(28-24)20-9-4-8-19(14-20)17-25-16-18-6-2-1-3-7-18/h1-15,25,29H,16-17H2,(H,26,27,28). The van der Waals surface area contributed by atoms with Crippen molar-refractivity contribution >= 4 is 11.6 Å². The van der Waals surface area contributed by atoms with Crippen molar-refractivity contribution in [2.45, 2.75) is 13.1 Å². The molecule has 0 spiro atoms. The van der Waals surface area contributed by atoms with E-state index in [1.807, 2.05) is 30.3 Å². The largest absolute Gasteiger partial charge is 0.508 e. The summed E-state index contributed by atoms with van der Waals surface area (Å²) in [6, 6.07) is 27.5. The van der Waals surface area contributed by atoms with Crippen molar-refractivity contribution in [3.8, 4) is 17.0 Å². The number of benzene rings is 3. The lowest BCUT2D eigenvalue weighted by Crippen LogP contribution is -2.12. The van der Waals surface area contributed by atoms with Gasteiger partial charge in [-0.1, -0.05) is 54.6 Å². The quantitative estimate of drug-likeness (QED) is 0.425. The average molecular weight is 382 g/mol. The van der Waals surface area contributed by atoms with Crippen LogP contribution in [0.5, 0.6) is 5.75 Å². The highest BCUT2D eigenvalue weighted by Crippen LogP contribution is 2.22. The number of nitrogens with zero attached hydrogens (tertiary/aromatic N) is 2. The van der Waals surface area contributed by atoms with E-state index in [4.69, 9.17) is 0 Å². The summed E-state index contributed by atoms with van der Waals surface area (Å²) < 4.78 is 0. The first-order chi connectivity index (χ1) is 14.3. The van der Waals surface area contributed by atoms with Crippen molar-refractivity contribution in [1.29, 1.82) is 0 Å². The molecule has 0 aliphatic carbocycles. The van der Waals surface area contributed by atoms with Crippen LogP contribution in [0.3, 0.4) is 0 Å². The number of phenols is 1. The summed E-state index contributed by atoms with van der Waals surface area (Å²) in [4.78, 5) is 8.89. The second-order valence-corrected chi connectivity index (χ2v) is 6.73. The third-order valence-electron chi connectivity index (χ3n) is 4.48. The Hall–Kier alpha value is -3.70. The number of nitrogens with one attached hydrogen (secondary N) is 2. The summed E-state index contributed by atoms with van der Waals surface area (Å²) in [7, 11) is 0. The maximum absolute atomic E-state index is 9.61. The minimum atomic E-state index is 0.196. The van der Waals surface area contributed by atoms with Gasteiger partial charge in [0.1, 0.15) is 5.75 Å². The molecule has 0 bridgehead atoms. The van der Waals surface area contributed by atoms with Crippen LogP contribution in [0.15, 0.2) is 91.1 Å². The summed E-state index contributed by atoms with van der Waals surface area (Å²) >= 11 is 0. The zero-order chi connectivity index (χ0) is 19.9. The highest BCUT2D eigenvalue weighted by Gasteiger charge is 2.05. The Labute approximate surface area is 170 Å². The number of hydrogen-bond acceptors (Lipinski definition) is 5. The van der Waals surface area contributed by atoms with Crippen LogP contribution in [-0.2, 0) is 13.1 Å². The second kappa shape index (κ2) is 8.99. The van der Waals surface area contributed by atoms with Crippen molar-refractivity contribution in [3.05, 3.63) is 102 Å². The van der Waals surface area contributed by atoms with E-state index >= 15 is 0 Å². The molecule has 1 heterocycles. The van der Waals surface area contributed by atoms with E-state index in [1.54, 1.807) is 24.4 Å². The summed E-state index contributed by atoms with van der Waals surface area (Å²) in [5.74, 6) is 0.683. The Balaban J connectivity index is 1.45. The molecule has 3 aromatic carbocycles. The van der Waals surface area contributed by atoms with Crippen LogP contribution in [0.2, 0.25) is 0 Å². The Morgan fingerprint density at radius 1 is 0.759 bits per heavy atom. The zero-order valence-electron chi connectivity index (χ0n) is 15.9. The summed E-state index contributed by atoms with van der Waals surface area (Å²) in [6.45, 7) is 1.61. The lowest BCUT2D eigenvalue weighted by molar-refractivity contribution is 0.475. The lowest BCUT2D eigenvalue weighted by atomic mass is 10.1. The summed E-state index contributed by atoms with van der Waals surface area (Å²) in [5.41, 5.74) is 5.07. The molecule has 5 heteroatoms. The molecular weight excluding hydrogens is 360 g/mol. The normalized spacial score (nSPS) is 10.6. The molecule has 144 valence electrons. The molecule has 0 aliphatic heterocycles. The predicted octanol–water partition coefficient (Wildman–Crippen LogP) is 4.88. The second-order valence-electron chi connectivity index (χ2n) is 6.73. The van der Waals surface area contributed by atoms with Crippen molar-refractivity contribution in [3.63, 3.8) is 0 Å². The van der Waals surface area contributed by atoms with Crippen LogP contribution < -0.4 is 10.6 Å². The molecule has 0 saturated carbocycles. The number of hydrogen-bond donors (Lipinski definition) is 3. The van der Waals surface area contributed by atoms with Gasteiger partial charge < -0.3 is 15.7 Å². The van der Waals surface area contributed by atoms with Gasteiger partial charge in [0.2, 0.25) is 5.95 Å². The molecule has 3 N–H and O–H groups in total. The van der Waals surface area contributed by atoms with Crippen LogP contribution in [0.1, 0.15) is 11.1 Å². The molecular formula is C24H22N4O. The fourth-order valence-corrected chi connectivity index (χ4v) is 3.08. The average Bonchev–Trinajstić information content (AvgIpc) is 2.75. The first-order valence-electron chi connectivity index (χ1n) is 9.49. The van der Waals surface area contributed by atoms with Gasteiger partial charge in [-0.2, -0.15) is 0 Å². The number of aromatic hydroxyl groups is 1. The summed E-state index contributed by atoms with van der Waals surface area (Å²) in [6.07, 6.45) is 1.73. The van der Waals surface area contributed by atoms with Gasteiger partial charge >= 0.3 is 0 Å². The molecule has 0 atom stereocenters. The SMILES string of the molecule is Oc1cccc(Nc2nccc(-c3cccc(CNCc4ccccc4)c3)n2)c1. The highest BCUT2D eigenvalue weighted by atomic mass is 16.3. The first kappa shape index (κ1) is 18.7. The third kappa shape index (κ3) is 5.18. The van der Waals surface area contributed by atoms with E-state index in [0.717, 1.165) is 30.0 Å². The van der Waals surface area contributed by atoms with Crippen LogP contribution in [0.4, 0.5) is 11.6 Å². The molecule has 4 aromatic rings.